The van der Waals surface area contributed by atoms with Gasteiger partial charge in [-0.2, -0.15) is 0 Å². The van der Waals surface area contributed by atoms with Crippen molar-refractivity contribution in [2.75, 3.05) is 5.73 Å². The molecule has 3 heteroatoms. The van der Waals surface area contributed by atoms with Crippen LogP contribution in [0, 0.1) is 5.92 Å². The van der Waals surface area contributed by atoms with E-state index in [0.717, 1.165) is 18.4 Å². The van der Waals surface area contributed by atoms with Crippen molar-refractivity contribution in [3.63, 3.8) is 0 Å². The summed E-state index contributed by atoms with van der Waals surface area (Å²) in [6, 6.07) is 3.98. The number of alkyl halides is 1. The topological polar surface area (TPSA) is 38.9 Å². The molecule has 1 atom stereocenters. The second kappa shape index (κ2) is 5.35. The van der Waals surface area contributed by atoms with Crippen molar-refractivity contribution in [2.45, 2.75) is 31.5 Å². The molecular formula is C11H17BrN2. The van der Waals surface area contributed by atoms with Crippen molar-refractivity contribution >= 4 is 21.7 Å². The summed E-state index contributed by atoms with van der Waals surface area (Å²) in [5, 5.41) is 0. The van der Waals surface area contributed by atoms with Crippen LogP contribution >= 0.6 is 15.9 Å². The average molecular weight is 257 g/mol. The average Bonchev–Trinajstić information content (AvgIpc) is 2.16. The van der Waals surface area contributed by atoms with E-state index in [9.17, 15) is 0 Å². The van der Waals surface area contributed by atoms with Crippen molar-refractivity contribution in [3.05, 3.63) is 23.9 Å². The Morgan fingerprint density at radius 3 is 2.79 bits per heavy atom. The lowest BCUT2D eigenvalue weighted by atomic mass is 10.0. The SMILES string of the molecule is CC(C)C(Br)CCc1cccnc1N. The lowest BCUT2D eigenvalue weighted by Crippen LogP contribution is -2.09. The molecule has 0 bridgehead atoms. The molecule has 78 valence electrons. The second-order valence-electron chi connectivity index (χ2n) is 3.85. The van der Waals surface area contributed by atoms with E-state index < -0.39 is 0 Å². The predicted molar refractivity (Wildman–Crippen MR) is 64.5 cm³/mol. The van der Waals surface area contributed by atoms with Crippen molar-refractivity contribution < 1.29 is 0 Å². The molecule has 0 amide bonds. The van der Waals surface area contributed by atoms with E-state index in [-0.39, 0.29) is 0 Å². The fraction of sp³-hybridized carbons (Fsp3) is 0.545. The minimum Gasteiger partial charge on any atom is -0.383 e. The maximum atomic E-state index is 5.76. The number of nitrogen functional groups attached to an aromatic ring is 1. The normalized spacial score (nSPS) is 13.1. The van der Waals surface area contributed by atoms with E-state index in [0.29, 0.717) is 16.6 Å². The molecule has 1 aromatic heterocycles. The molecule has 1 unspecified atom stereocenters. The van der Waals surface area contributed by atoms with Crippen LogP contribution in [0.1, 0.15) is 25.8 Å². The zero-order valence-electron chi connectivity index (χ0n) is 8.70. The molecule has 0 saturated carbocycles. The molecule has 2 nitrogen and oxygen atoms in total. The van der Waals surface area contributed by atoms with Gasteiger partial charge in [0.2, 0.25) is 0 Å². The molecule has 14 heavy (non-hydrogen) atoms. The third-order valence-electron chi connectivity index (χ3n) is 2.34. The Labute approximate surface area is 94.0 Å². The highest BCUT2D eigenvalue weighted by molar-refractivity contribution is 9.09. The molecule has 0 aliphatic carbocycles. The monoisotopic (exact) mass is 256 g/mol. The highest BCUT2D eigenvalue weighted by Gasteiger charge is 2.09. The number of rotatable bonds is 4. The first-order chi connectivity index (χ1) is 6.61. The summed E-state index contributed by atoms with van der Waals surface area (Å²) in [6.07, 6.45) is 3.83. The Bertz CT molecular complexity index is 286. The fourth-order valence-electron chi connectivity index (χ4n) is 1.29. The molecule has 1 aromatic rings. The Morgan fingerprint density at radius 1 is 1.50 bits per heavy atom. The zero-order chi connectivity index (χ0) is 10.6. The first kappa shape index (κ1) is 11.5. The smallest absolute Gasteiger partial charge is 0.126 e. The van der Waals surface area contributed by atoms with Gasteiger partial charge in [0.05, 0.1) is 0 Å². The molecule has 0 radical (unpaired) electrons. The van der Waals surface area contributed by atoms with Crippen LogP contribution in [-0.4, -0.2) is 9.81 Å². The third-order valence-corrected chi connectivity index (χ3v) is 3.85. The van der Waals surface area contributed by atoms with Gasteiger partial charge in [-0.15, -0.1) is 0 Å². The summed E-state index contributed by atoms with van der Waals surface area (Å²) in [7, 11) is 0. The van der Waals surface area contributed by atoms with Crippen LogP contribution in [0.25, 0.3) is 0 Å². The summed E-state index contributed by atoms with van der Waals surface area (Å²) >= 11 is 3.66. The maximum absolute atomic E-state index is 5.76. The standard InChI is InChI=1S/C11H17BrN2/c1-8(2)10(12)6-5-9-4-3-7-14-11(9)13/h3-4,7-8,10H,5-6H2,1-2H3,(H2,13,14). The minimum absolute atomic E-state index is 0.558. The molecular weight excluding hydrogens is 240 g/mol. The number of pyridine rings is 1. The molecule has 0 aliphatic heterocycles. The number of aromatic nitrogens is 1. The molecule has 1 rings (SSSR count). The van der Waals surface area contributed by atoms with E-state index in [4.69, 9.17) is 5.73 Å². The van der Waals surface area contributed by atoms with Gasteiger partial charge in [-0.05, 0) is 30.4 Å². The first-order valence-corrected chi connectivity index (χ1v) is 5.86. The van der Waals surface area contributed by atoms with Crippen molar-refractivity contribution in [1.29, 1.82) is 0 Å². The van der Waals surface area contributed by atoms with Crippen LogP contribution in [0.3, 0.4) is 0 Å². The zero-order valence-corrected chi connectivity index (χ0v) is 10.3. The largest absolute Gasteiger partial charge is 0.383 e. The van der Waals surface area contributed by atoms with E-state index in [2.05, 4.69) is 34.8 Å². The summed E-state index contributed by atoms with van der Waals surface area (Å²) in [4.78, 5) is 4.62. The van der Waals surface area contributed by atoms with Gasteiger partial charge in [0, 0.05) is 11.0 Å². The second-order valence-corrected chi connectivity index (χ2v) is 5.02. The van der Waals surface area contributed by atoms with Crippen LogP contribution in [-0.2, 0) is 6.42 Å². The van der Waals surface area contributed by atoms with Gasteiger partial charge in [-0.3, -0.25) is 0 Å². The van der Waals surface area contributed by atoms with E-state index >= 15 is 0 Å². The Kier molecular flexibility index (Phi) is 4.39. The number of nitrogens with zero attached hydrogens (tertiary/aromatic N) is 1. The van der Waals surface area contributed by atoms with Gasteiger partial charge < -0.3 is 5.73 Å². The highest BCUT2D eigenvalue weighted by atomic mass is 79.9. The third kappa shape index (κ3) is 3.29. The summed E-state index contributed by atoms with van der Waals surface area (Å²) in [6.45, 7) is 4.43. The summed E-state index contributed by atoms with van der Waals surface area (Å²) in [5.41, 5.74) is 6.91. The quantitative estimate of drug-likeness (QED) is 0.842. The van der Waals surface area contributed by atoms with Crippen molar-refractivity contribution in [3.8, 4) is 0 Å². The Balaban J connectivity index is 2.50. The van der Waals surface area contributed by atoms with Crippen LogP contribution < -0.4 is 5.73 Å². The Morgan fingerprint density at radius 2 is 2.21 bits per heavy atom. The van der Waals surface area contributed by atoms with Crippen LogP contribution in [0.15, 0.2) is 18.3 Å². The van der Waals surface area contributed by atoms with Gasteiger partial charge in [-0.25, -0.2) is 4.98 Å². The van der Waals surface area contributed by atoms with Crippen LogP contribution in [0.4, 0.5) is 5.82 Å². The molecule has 0 saturated heterocycles. The van der Waals surface area contributed by atoms with Crippen LogP contribution in [0.5, 0.6) is 0 Å². The summed E-state index contributed by atoms with van der Waals surface area (Å²) < 4.78 is 0. The maximum Gasteiger partial charge on any atom is 0.126 e. The molecule has 1 heterocycles. The lowest BCUT2D eigenvalue weighted by Gasteiger charge is -2.13. The number of hydrogen-bond acceptors (Lipinski definition) is 2. The van der Waals surface area contributed by atoms with Gasteiger partial charge in [0.1, 0.15) is 5.82 Å². The van der Waals surface area contributed by atoms with Crippen molar-refractivity contribution in [1.82, 2.24) is 4.98 Å². The molecule has 0 spiro atoms. The number of anilines is 1. The molecule has 0 aromatic carbocycles. The van der Waals surface area contributed by atoms with Crippen LogP contribution in [0.2, 0.25) is 0 Å². The lowest BCUT2D eigenvalue weighted by molar-refractivity contribution is 0.582. The molecule has 0 fully saturated rings. The van der Waals surface area contributed by atoms with Gasteiger partial charge in [0.15, 0.2) is 0 Å². The highest BCUT2D eigenvalue weighted by Crippen LogP contribution is 2.19. The number of hydrogen-bond donors (Lipinski definition) is 1. The summed E-state index contributed by atoms with van der Waals surface area (Å²) in [5.74, 6) is 1.32. The number of aryl methyl sites for hydroxylation is 1. The van der Waals surface area contributed by atoms with Gasteiger partial charge in [-0.1, -0.05) is 35.8 Å². The van der Waals surface area contributed by atoms with Gasteiger partial charge >= 0.3 is 0 Å². The van der Waals surface area contributed by atoms with E-state index in [1.165, 1.54) is 0 Å². The van der Waals surface area contributed by atoms with Gasteiger partial charge in [0.25, 0.3) is 0 Å². The molecule has 0 aliphatic rings. The Hall–Kier alpha value is -0.570. The molecule has 2 N–H and O–H groups in total. The first-order valence-electron chi connectivity index (χ1n) is 4.94. The van der Waals surface area contributed by atoms with Crippen molar-refractivity contribution in [2.24, 2.45) is 5.92 Å². The fourth-order valence-corrected chi connectivity index (χ4v) is 1.52. The number of nitrogens with two attached hydrogens (primary N) is 1. The predicted octanol–water partition coefficient (Wildman–Crippen LogP) is 3.02. The minimum atomic E-state index is 0.558. The number of halogens is 1. The van der Waals surface area contributed by atoms with E-state index in [1.54, 1.807) is 6.20 Å². The van der Waals surface area contributed by atoms with E-state index in [1.807, 2.05) is 12.1 Å².